The standard InChI is InChI=1S/C12H19ClN4/c1-3-11-14-10(13)9-12(15-11)17-6-4-5-16(2)7-8-17/h9H,3-8H2,1-2H3. The maximum absolute atomic E-state index is 6.03. The molecule has 0 unspecified atom stereocenters. The lowest BCUT2D eigenvalue weighted by atomic mass is 10.3. The summed E-state index contributed by atoms with van der Waals surface area (Å²) in [5.74, 6) is 1.79. The zero-order valence-corrected chi connectivity index (χ0v) is 11.2. The highest BCUT2D eigenvalue weighted by atomic mass is 35.5. The smallest absolute Gasteiger partial charge is 0.134 e. The first-order valence-corrected chi connectivity index (χ1v) is 6.54. The number of anilines is 1. The Kier molecular flexibility index (Phi) is 4.18. The molecule has 1 aromatic heterocycles. The zero-order valence-electron chi connectivity index (χ0n) is 10.5. The number of hydrogen-bond donors (Lipinski definition) is 0. The van der Waals surface area contributed by atoms with Crippen molar-refractivity contribution in [3.8, 4) is 0 Å². The van der Waals surface area contributed by atoms with Crippen LogP contribution in [0.2, 0.25) is 5.15 Å². The van der Waals surface area contributed by atoms with E-state index in [2.05, 4.69) is 26.8 Å². The molecule has 0 radical (unpaired) electrons. The van der Waals surface area contributed by atoms with Gasteiger partial charge in [-0.05, 0) is 20.0 Å². The normalized spacial score (nSPS) is 18.2. The van der Waals surface area contributed by atoms with Crippen molar-refractivity contribution >= 4 is 17.4 Å². The summed E-state index contributed by atoms with van der Waals surface area (Å²) in [5, 5.41) is 0.546. The van der Waals surface area contributed by atoms with Gasteiger partial charge in [-0.25, -0.2) is 9.97 Å². The van der Waals surface area contributed by atoms with Crippen LogP contribution in [0.15, 0.2) is 6.07 Å². The van der Waals surface area contributed by atoms with Gasteiger partial charge in [-0.1, -0.05) is 18.5 Å². The Bertz CT molecular complexity index is 383. The fourth-order valence-electron chi connectivity index (χ4n) is 2.05. The Morgan fingerprint density at radius 2 is 2.06 bits per heavy atom. The summed E-state index contributed by atoms with van der Waals surface area (Å²) >= 11 is 6.03. The van der Waals surface area contributed by atoms with Crippen LogP contribution in [0.3, 0.4) is 0 Å². The van der Waals surface area contributed by atoms with Crippen LogP contribution in [-0.4, -0.2) is 48.1 Å². The van der Waals surface area contributed by atoms with Gasteiger partial charge in [0.15, 0.2) is 0 Å². The molecule has 94 valence electrons. The highest BCUT2D eigenvalue weighted by molar-refractivity contribution is 6.29. The molecule has 0 bridgehead atoms. The minimum absolute atomic E-state index is 0.546. The molecule has 0 aliphatic carbocycles. The van der Waals surface area contributed by atoms with Gasteiger partial charge < -0.3 is 9.80 Å². The van der Waals surface area contributed by atoms with E-state index < -0.39 is 0 Å². The van der Waals surface area contributed by atoms with E-state index in [1.54, 1.807) is 0 Å². The fourth-order valence-corrected chi connectivity index (χ4v) is 2.24. The van der Waals surface area contributed by atoms with E-state index >= 15 is 0 Å². The molecule has 1 aliphatic heterocycles. The van der Waals surface area contributed by atoms with Gasteiger partial charge >= 0.3 is 0 Å². The average Bonchev–Trinajstić information content (AvgIpc) is 2.53. The van der Waals surface area contributed by atoms with Crippen molar-refractivity contribution in [2.24, 2.45) is 0 Å². The predicted molar refractivity (Wildman–Crippen MR) is 70.7 cm³/mol. The minimum atomic E-state index is 0.546. The molecule has 0 saturated carbocycles. The number of aromatic nitrogens is 2. The SMILES string of the molecule is CCc1nc(Cl)cc(N2CCCN(C)CC2)n1. The van der Waals surface area contributed by atoms with Crippen LogP contribution >= 0.6 is 11.6 Å². The van der Waals surface area contributed by atoms with Gasteiger partial charge in [0.05, 0.1) is 0 Å². The average molecular weight is 255 g/mol. The fraction of sp³-hybridized carbons (Fsp3) is 0.667. The van der Waals surface area contributed by atoms with Gasteiger partial charge in [0.2, 0.25) is 0 Å². The third-order valence-corrected chi connectivity index (χ3v) is 3.28. The molecular weight excluding hydrogens is 236 g/mol. The quantitative estimate of drug-likeness (QED) is 0.754. The molecule has 0 N–H and O–H groups in total. The Hall–Kier alpha value is -0.870. The Labute approximate surface area is 108 Å². The van der Waals surface area contributed by atoms with Crippen molar-refractivity contribution < 1.29 is 0 Å². The lowest BCUT2D eigenvalue weighted by Gasteiger charge is -2.22. The van der Waals surface area contributed by atoms with Gasteiger partial charge in [-0.15, -0.1) is 0 Å². The van der Waals surface area contributed by atoms with Gasteiger partial charge in [0.25, 0.3) is 0 Å². The van der Waals surface area contributed by atoms with Crippen LogP contribution in [0.5, 0.6) is 0 Å². The lowest BCUT2D eigenvalue weighted by Crippen LogP contribution is -2.29. The molecule has 0 amide bonds. The molecule has 2 heterocycles. The van der Waals surface area contributed by atoms with Crippen molar-refractivity contribution in [3.05, 3.63) is 17.0 Å². The van der Waals surface area contributed by atoms with Crippen molar-refractivity contribution in [1.29, 1.82) is 0 Å². The maximum atomic E-state index is 6.03. The van der Waals surface area contributed by atoms with E-state index in [1.807, 2.05) is 13.0 Å². The molecule has 0 spiro atoms. The molecule has 0 aromatic carbocycles. The molecule has 1 fully saturated rings. The van der Waals surface area contributed by atoms with E-state index in [9.17, 15) is 0 Å². The first-order chi connectivity index (χ1) is 8.19. The van der Waals surface area contributed by atoms with Crippen molar-refractivity contribution in [2.75, 3.05) is 38.1 Å². The molecular formula is C12H19ClN4. The van der Waals surface area contributed by atoms with E-state index in [0.29, 0.717) is 5.15 Å². The Morgan fingerprint density at radius 3 is 2.82 bits per heavy atom. The highest BCUT2D eigenvalue weighted by Gasteiger charge is 2.14. The molecule has 1 aliphatic rings. The Morgan fingerprint density at radius 1 is 1.24 bits per heavy atom. The van der Waals surface area contributed by atoms with Crippen molar-refractivity contribution in [1.82, 2.24) is 14.9 Å². The van der Waals surface area contributed by atoms with E-state index in [4.69, 9.17) is 11.6 Å². The third-order valence-electron chi connectivity index (χ3n) is 3.09. The first kappa shape index (κ1) is 12.6. The van der Waals surface area contributed by atoms with Crippen LogP contribution in [0.1, 0.15) is 19.2 Å². The molecule has 2 rings (SSSR count). The second kappa shape index (κ2) is 5.65. The van der Waals surface area contributed by atoms with Gasteiger partial charge in [0.1, 0.15) is 16.8 Å². The molecule has 5 heteroatoms. The third kappa shape index (κ3) is 3.30. The second-order valence-electron chi connectivity index (χ2n) is 4.46. The van der Waals surface area contributed by atoms with Crippen LogP contribution in [0.4, 0.5) is 5.82 Å². The molecule has 1 saturated heterocycles. The molecule has 17 heavy (non-hydrogen) atoms. The number of halogens is 1. The number of aryl methyl sites for hydroxylation is 1. The number of likely N-dealkylation sites (N-methyl/N-ethyl adjacent to an activating group) is 1. The largest absolute Gasteiger partial charge is 0.355 e. The van der Waals surface area contributed by atoms with Gasteiger partial charge in [-0.2, -0.15) is 0 Å². The summed E-state index contributed by atoms with van der Waals surface area (Å²) in [6.45, 7) is 6.32. The molecule has 4 nitrogen and oxygen atoms in total. The van der Waals surface area contributed by atoms with Crippen LogP contribution in [0, 0.1) is 0 Å². The maximum Gasteiger partial charge on any atom is 0.134 e. The van der Waals surface area contributed by atoms with Crippen molar-refractivity contribution in [2.45, 2.75) is 19.8 Å². The summed E-state index contributed by atoms with van der Waals surface area (Å²) in [7, 11) is 2.16. The minimum Gasteiger partial charge on any atom is -0.355 e. The van der Waals surface area contributed by atoms with E-state index in [0.717, 1.165) is 44.2 Å². The first-order valence-electron chi connectivity index (χ1n) is 6.16. The summed E-state index contributed by atoms with van der Waals surface area (Å²) in [5.41, 5.74) is 0. The summed E-state index contributed by atoms with van der Waals surface area (Å²) in [6, 6.07) is 1.87. The summed E-state index contributed by atoms with van der Waals surface area (Å²) in [4.78, 5) is 13.4. The second-order valence-corrected chi connectivity index (χ2v) is 4.85. The molecule has 1 aromatic rings. The zero-order chi connectivity index (χ0) is 12.3. The highest BCUT2D eigenvalue weighted by Crippen LogP contribution is 2.17. The lowest BCUT2D eigenvalue weighted by molar-refractivity contribution is 0.360. The van der Waals surface area contributed by atoms with Crippen LogP contribution in [0.25, 0.3) is 0 Å². The Balaban J connectivity index is 2.17. The topological polar surface area (TPSA) is 32.3 Å². The van der Waals surface area contributed by atoms with Crippen LogP contribution < -0.4 is 4.90 Å². The van der Waals surface area contributed by atoms with Crippen molar-refractivity contribution in [3.63, 3.8) is 0 Å². The summed E-state index contributed by atoms with van der Waals surface area (Å²) < 4.78 is 0. The summed E-state index contributed by atoms with van der Waals surface area (Å²) in [6.07, 6.45) is 1.99. The number of hydrogen-bond acceptors (Lipinski definition) is 4. The molecule has 0 atom stereocenters. The van der Waals surface area contributed by atoms with E-state index in [1.165, 1.54) is 6.42 Å². The predicted octanol–water partition coefficient (Wildman–Crippen LogP) is 1.83. The van der Waals surface area contributed by atoms with Crippen LogP contribution in [-0.2, 0) is 6.42 Å². The van der Waals surface area contributed by atoms with Gasteiger partial charge in [-0.3, -0.25) is 0 Å². The number of nitrogens with zero attached hydrogens (tertiary/aromatic N) is 4. The van der Waals surface area contributed by atoms with Gasteiger partial charge in [0, 0.05) is 32.1 Å². The number of rotatable bonds is 2. The monoisotopic (exact) mass is 254 g/mol. The van der Waals surface area contributed by atoms with E-state index in [-0.39, 0.29) is 0 Å².